The van der Waals surface area contributed by atoms with Crippen molar-refractivity contribution in [2.75, 3.05) is 6.54 Å². The molecule has 0 aromatic heterocycles. The standard InChI is InChI=1S/C21H27ClN2O2/c22-16-12-10-15(11-13-16)20-21(26)23(17-6-4-5-7-17)14-19(25)24(20)18-8-2-1-3-9-18/h10-13,17-18,20H,1-9,14H2/t20-/m0/s1. The van der Waals surface area contributed by atoms with Crippen molar-refractivity contribution in [2.24, 2.45) is 0 Å². The molecular weight excluding hydrogens is 348 g/mol. The lowest BCUT2D eigenvalue weighted by molar-refractivity contribution is -0.162. The Hall–Kier alpha value is -1.55. The van der Waals surface area contributed by atoms with Gasteiger partial charge in [0.1, 0.15) is 12.6 Å². The molecule has 3 fully saturated rings. The van der Waals surface area contributed by atoms with Crippen LogP contribution in [0.3, 0.4) is 0 Å². The molecule has 1 saturated heterocycles. The number of halogens is 1. The topological polar surface area (TPSA) is 40.6 Å². The maximum atomic E-state index is 13.5. The third kappa shape index (κ3) is 3.36. The average molecular weight is 375 g/mol. The second-order valence-electron chi connectivity index (χ2n) is 7.95. The van der Waals surface area contributed by atoms with E-state index in [2.05, 4.69) is 0 Å². The molecule has 0 spiro atoms. The van der Waals surface area contributed by atoms with Gasteiger partial charge in [-0.05, 0) is 43.4 Å². The van der Waals surface area contributed by atoms with Crippen LogP contribution in [0.25, 0.3) is 0 Å². The number of carbonyl (C=O) groups excluding carboxylic acids is 2. The van der Waals surface area contributed by atoms with Crippen LogP contribution in [-0.2, 0) is 9.59 Å². The van der Waals surface area contributed by atoms with Crippen LogP contribution in [0.5, 0.6) is 0 Å². The third-order valence-corrected chi connectivity index (χ3v) is 6.56. The highest BCUT2D eigenvalue weighted by Crippen LogP contribution is 2.37. The predicted molar refractivity (Wildman–Crippen MR) is 102 cm³/mol. The first-order chi connectivity index (χ1) is 12.6. The summed E-state index contributed by atoms with van der Waals surface area (Å²) in [5.74, 6) is 0.216. The first-order valence-corrected chi connectivity index (χ1v) is 10.4. The Balaban J connectivity index is 1.68. The van der Waals surface area contributed by atoms with Gasteiger partial charge in [-0.2, -0.15) is 0 Å². The molecule has 140 valence electrons. The number of piperazine rings is 1. The van der Waals surface area contributed by atoms with Crippen LogP contribution in [0.1, 0.15) is 69.4 Å². The summed E-state index contributed by atoms with van der Waals surface area (Å²) in [6.07, 6.45) is 9.88. The van der Waals surface area contributed by atoms with Crippen LogP contribution in [0.15, 0.2) is 24.3 Å². The lowest BCUT2D eigenvalue weighted by atomic mass is 9.90. The second kappa shape index (κ2) is 7.59. The predicted octanol–water partition coefficient (Wildman–Crippen LogP) is 4.33. The van der Waals surface area contributed by atoms with Crippen molar-refractivity contribution in [3.63, 3.8) is 0 Å². The Morgan fingerprint density at radius 1 is 0.808 bits per heavy atom. The molecule has 0 bridgehead atoms. The minimum absolute atomic E-state index is 0.101. The van der Waals surface area contributed by atoms with Crippen LogP contribution in [-0.4, -0.2) is 40.2 Å². The van der Waals surface area contributed by atoms with Crippen molar-refractivity contribution < 1.29 is 9.59 Å². The van der Waals surface area contributed by atoms with Crippen molar-refractivity contribution in [1.29, 1.82) is 0 Å². The molecule has 4 nitrogen and oxygen atoms in total. The molecule has 1 heterocycles. The van der Waals surface area contributed by atoms with Crippen molar-refractivity contribution >= 4 is 23.4 Å². The summed E-state index contributed by atoms with van der Waals surface area (Å²) in [6.45, 7) is 0.254. The van der Waals surface area contributed by atoms with E-state index < -0.39 is 6.04 Å². The molecule has 1 aromatic rings. The van der Waals surface area contributed by atoms with E-state index in [4.69, 9.17) is 11.6 Å². The van der Waals surface area contributed by atoms with E-state index in [9.17, 15) is 9.59 Å². The van der Waals surface area contributed by atoms with E-state index in [1.807, 2.05) is 34.1 Å². The van der Waals surface area contributed by atoms with Crippen LogP contribution in [0.2, 0.25) is 5.02 Å². The molecule has 0 unspecified atom stereocenters. The van der Waals surface area contributed by atoms with Crippen LogP contribution in [0, 0.1) is 0 Å². The lowest BCUT2D eigenvalue weighted by Gasteiger charge is -2.47. The van der Waals surface area contributed by atoms with Crippen LogP contribution in [0.4, 0.5) is 0 Å². The molecule has 0 radical (unpaired) electrons. The van der Waals surface area contributed by atoms with Gasteiger partial charge in [0.2, 0.25) is 5.91 Å². The smallest absolute Gasteiger partial charge is 0.250 e. The van der Waals surface area contributed by atoms with E-state index in [0.29, 0.717) is 5.02 Å². The van der Waals surface area contributed by atoms with Gasteiger partial charge in [0.25, 0.3) is 5.91 Å². The van der Waals surface area contributed by atoms with Crippen LogP contribution < -0.4 is 0 Å². The molecule has 1 aromatic carbocycles. The average Bonchev–Trinajstić information content (AvgIpc) is 3.19. The maximum absolute atomic E-state index is 13.5. The largest absolute Gasteiger partial charge is 0.328 e. The monoisotopic (exact) mass is 374 g/mol. The first-order valence-electron chi connectivity index (χ1n) is 10.0. The highest BCUT2D eigenvalue weighted by atomic mass is 35.5. The van der Waals surface area contributed by atoms with Gasteiger partial charge in [0, 0.05) is 17.1 Å². The Morgan fingerprint density at radius 3 is 2.04 bits per heavy atom. The number of carbonyl (C=O) groups is 2. The molecule has 3 aliphatic rings. The Bertz CT molecular complexity index is 663. The third-order valence-electron chi connectivity index (χ3n) is 6.31. The molecule has 5 heteroatoms. The zero-order valence-electron chi connectivity index (χ0n) is 15.2. The van der Waals surface area contributed by atoms with Gasteiger partial charge < -0.3 is 9.80 Å². The quantitative estimate of drug-likeness (QED) is 0.790. The zero-order valence-corrected chi connectivity index (χ0v) is 16.0. The van der Waals surface area contributed by atoms with E-state index in [-0.39, 0.29) is 30.4 Å². The number of benzene rings is 1. The van der Waals surface area contributed by atoms with Gasteiger partial charge in [-0.15, -0.1) is 0 Å². The number of rotatable bonds is 3. The highest BCUT2D eigenvalue weighted by molar-refractivity contribution is 6.30. The van der Waals surface area contributed by atoms with Crippen molar-refractivity contribution in [1.82, 2.24) is 9.80 Å². The van der Waals surface area contributed by atoms with E-state index in [1.165, 1.54) is 6.42 Å². The maximum Gasteiger partial charge on any atom is 0.250 e. The first kappa shape index (κ1) is 17.8. The van der Waals surface area contributed by atoms with Gasteiger partial charge >= 0.3 is 0 Å². The molecule has 4 rings (SSSR count). The summed E-state index contributed by atoms with van der Waals surface area (Å²) in [5.41, 5.74) is 0.890. The number of amides is 2. The summed E-state index contributed by atoms with van der Waals surface area (Å²) >= 11 is 6.06. The molecule has 1 aliphatic heterocycles. The molecule has 1 atom stereocenters. The zero-order chi connectivity index (χ0) is 18.1. The minimum atomic E-state index is -0.489. The molecule has 2 amide bonds. The second-order valence-corrected chi connectivity index (χ2v) is 8.39. The van der Waals surface area contributed by atoms with Gasteiger partial charge in [0.15, 0.2) is 0 Å². The summed E-state index contributed by atoms with van der Waals surface area (Å²) in [4.78, 5) is 30.4. The fraction of sp³-hybridized carbons (Fsp3) is 0.619. The van der Waals surface area contributed by atoms with Crippen molar-refractivity contribution in [2.45, 2.75) is 75.9 Å². The fourth-order valence-corrected chi connectivity index (χ4v) is 5.10. The van der Waals surface area contributed by atoms with Gasteiger partial charge in [-0.25, -0.2) is 0 Å². The molecule has 2 aliphatic carbocycles. The molecule has 0 N–H and O–H groups in total. The Labute approximate surface area is 160 Å². The normalized spacial score (nSPS) is 26.0. The van der Waals surface area contributed by atoms with E-state index in [0.717, 1.165) is 56.9 Å². The summed E-state index contributed by atoms with van der Waals surface area (Å²) in [7, 11) is 0. The SMILES string of the molecule is O=C1[C@H](c2ccc(Cl)cc2)N(C2CCCCC2)C(=O)CN1C1CCCC1. The molecular formula is C21H27ClN2O2. The minimum Gasteiger partial charge on any atom is -0.328 e. The van der Waals surface area contributed by atoms with Crippen molar-refractivity contribution in [3.05, 3.63) is 34.9 Å². The highest BCUT2D eigenvalue weighted by Gasteiger charge is 2.45. The van der Waals surface area contributed by atoms with E-state index >= 15 is 0 Å². The Morgan fingerprint density at radius 2 is 1.38 bits per heavy atom. The summed E-state index contributed by atoms with van der Waals surface area (Å²) < 4.78 is 0. The van der Waals surface area contributed by atoms with E-state index in [1.54, 1.807) is 0 Å². The summed E-state index contributed by atoms with van der Waals surface area (Å²) in [5, 5.41) is 0.653. The number of nitrogens with zero attached hydrogens (tertiary/aromatic N) is 2. The van der Waals surface area contributed by atoms with Crippen molar-refractivity contribution in [3.8, 4) is 0 Å². The Kier molecular flexibility index (Phi) is 5.21. The fourth-order valence-electron chi connectivity index (χ4n) is 4.97. The van der Waals surface area contributed by atoms with Gasteiger partial charge in [-0.3, -0.25) is 9.59 Å². The van der Waals surface area contributed by atoms with Crippen LogP contribution >= 0.6 is 11.6 Å². The lowest BCUT2D eigenvalue weighted by Crippen LogP contribution is -2.60. The molecule has 2 saturated carbocycles. The molecule has 26 heavy (non-hydrogen) atoms. The van der Waals surface area contributed by atoms with Gasteiger partial charge in [-0.1, -0.05) is 55.8 Å². The number of hydrogen-bond donors (Lipinski definition) is 0. The summed E-state index contributed by atoms with van der Waals surface area (Å²) in [6, 6.07) is 7.39. The number of hydrogen-bond acceptors (Lipinski definition) is 2. The van der Waals surface area contributed by atoms with Gasteiger partial charge in [0.05, 0.1) is 0 Å².